The molecule has 1 fully saturated rings. The number of hydrogen-bond acceptors (Lipinski definition) is 4. The molecule has 0 saturated carbocycles. The smallest absolute Gasteiger partial charge is 0.226 e. The molecule has 0 unspecified atom stereocenters. The Morgan fingerprint density at radius 3 is 2.83 bits per heavy atom. The van der Waals surface area contributed by atoms with Gasteiger partial charge in [0.05, 0.1) is 18.5 Å². The highest BCUT2D eigenvalue weighted by Crippen LogP contribution is 2.31. The van der Waals surface area contributed by atoms with E-state index in [4.69, 9.17) is 0 Å². The maximum Gasteiger partial charge on any atom is 0.226 e. The number of carbonyl (C=O) groups excluding carboxylic acids is 2. The van der Waals surface area contributed by atoms with Crippen LogP contribution >= 0.6 is 0 Å². The molecule has 1 saturated heterocycles. The number of pyridine rings is 1. The van der Waals surface area contributed by atoms with Crippen LogP contribution in [0.3, 0.4) is 0 Å². The van der Waals surface area contributed by atoms with Gasteiger partial charge in [-0.05, 0) is 17.7 Å². The molecule has 2 aromatic heterocycles. The molecule has 2 amide bonds. The molecule has 23 heavy (non-hydrogen) atoms. The number of aromatic nitrogens is 3. The molecular weight excluding hydrogens is 294 g/mol. The Labute approximate surface area is 134 Å². The number of likely N-dealkylation sites (tertiary alicyclic amines) is 1. The molecule has 3 rings (SSSR count). The summed E-state index contributed by atoms with van der Waals surface area (Å²) in [6.45, 7) is 0. The molecule has 0 bridgehead atoms. The fourth-order valence-electron chi connectivity index (χ4n) is 3.00. The number of aryl methyl sites for hydroxylation is 1. The molecule has 2 atom stereocenters. The molecular formula is C16H19N5O2. The van der Waals surface area contributed by atoms with Gasteiger partial charge in [0.1, 0.15) is 0 Å². The van der Waals surface area contributed by atoms with Gasteiger partial charge in [0.25, 0.3) is 0 Å². The normalized spacial score (nSPS) is 20.8. The molecule has 0 radical (unpaired) electrons. The minimum atomic E-state index is -0.252. The van der Waals surface area contributed by atoms with Gasteiger partial charge in [-0.25, -0.2) is 0 Å². The lowest BCUT2D eigenvalue weighted by Crippen LogP contribution is -2.40. The maximum atomic E-state index is 12.3. The topological polar surface area (TPSA) is 80.1 Å². The fourth-order valence-corrected chi connectivity index (χ4v) is 3.00. The Bertz CT molecular complexity index is 712. The van der Waals surface area contributed by atoms with Crippen LogP contribution in [0.25, 0.3) is 0 Å². The first-order valence-electron chi connectivity index (χ1n) is 7.48. The highest BCUT2D eigenvalue weighted by Gasteiger charge is 2.39. The van der Waals surface area contributed by atoms with E-state index in [1.807, 2.05) is 18.2 Å². The molecule has 3 heterocycles. The summed E-state index contributed by atoms with van der Waals surface area (Å²) in [5.74, 6) is -0.0970. The lowest BCUT2D eigenvalue weighted by atomic mass is 10.0. The predicted octanol–water partition coefficient (Wildman–Crippen LogP) is 0.446. The lowest BCUT2D eigenvalue weighted by molar-refractivity contribution is -0.127. The van der Waals surface area contributed by atoms with Crippen molar-refractivity contribution in [3.05, 3.63) is 48.0 Å². The molecule has 0 spiro atoms. The first-order valence-corrected chi connectivity index (χ1v) is 7.48. The van der Waals surface area contributed by atoms with Gasteiger partial charge in [-0.15, -0.1) is 0 Å². The quantitative estimate of drug-likeness (QED) is 0.888. The van der Waals surface area contributed by atoms with Gasteiger partial charge >= 0.3 is 0 Å². The van der Waals surface area contributed by atoms with Crippen molar-refractivity contribution in [2.24, 2.45) is 7.05 Å². The Morgan fingerprint density at radius 2 is 2.17 bits per heavy atom. The van der Waals surface area contributed by atoms with Gasteiger partial charge in [-0.1, -0.05) is 6.07 Å². The maximum absolute atomic E-state index is 12.3. The van der Waals surface area contributed by atoms with Gasteiger partial charge in [0.15, 0.2) is 0 Å². The second-order valence-electron chi connectivity index (χ2n) is 5.74. The second kappa shape index (κ2) is 6.20. The van der Waals surface area contributed by atoms with Crippen LogP contribution in [0.1, 0.15) is 23.7 Å². The molecule has 1 aliphatic heterocycles. The van der Waals surface area contributed by atoms with Crippen molar-refractivity contribution in [2.75, 3.05) is 7.05 Å². The Morgan fingerprint density at radius 1 is 1.35 bits per heavy atom. The van der Waals surface area contributed by atoms with Crippen LogP contribution in [0.15, 0.2) is 36.8 Å². The van der Waals surface area contributed by atoms with Gasteiger partial charge in [-0.3, -0.25) is 19.3 Å². The molecule has 7 heteroatoms. The third-order valence-electron chi connectivity index (χ3n) is 4.22. The summed E-state index contributed by atoms with van der Waals surface area (Å²) in [4.78, 5) is 30.2. The van der Waals surface area contributed by atoms with Crippen LogP contribution in [0.5, 0.6) is 0 Å². The van der Waals surface area contributed by atoms with E-state index in [1.165, 1.54) is 0 Å². The highest BCUT2D eigenvalue weighted by atomic mass is 16.2. The third-order valence-corrected chi connectivity index (χ3v) is 4.22. The Kier molecular flexibility index (Phi) is 4.10. The van der Waals surface area contributed by atoms with E-state index < -0.39 is 0 Å². The number of nitrogens with zero attached hydrogens (tertiary/aromatic N) is 4. The molecule has 1 N–H and O–H groups in total. The van der Waals surface area contributed by atoms with Crippen LogP contribution in [-0.2, 0) is 23.1 Å². The van der Waals surface area contributed by atoms with Crippen LogP contribution < -0.4 is 5.32 Å². The molecule has 7 nitrogen and oxygen atoms in total. The molecule has 0 aromatic carbocycles. The summed E-state index contributed by atoms with van der Waals surface area (Å²) in [6, 6.07) is 5.13. The average Bonchev–Trinajstić information content (AvgIpc) is 3.04. The van der Waals surface area contributed by atoms with Gasteiger partial charge in [0.2, 0.25) is 11.8 Å². The zero-order valence-corrected chi connectivity index (χ0v) is 13.1. The first kappa shape index (κ1) is 15.2. The van der Waals surface area contributed by atoms with E-state index in [2.05, 4.69) is 15.4 Å². The minimum Gasteiger partial charge on any atom is -0.350 e. The summed E-state index contributed by atoms with van der Waals surface area (Å²) < 4.78 is 1.67. The fraction of sp³-hybridized carbons (Fsp3) is 0.375. The molecule has 0 aliphatic carbocycles. The number of nitrogens with one attached hydrogen (secondary N) is 1. The van der Waals surface area contributed by atoms with Crippen molar-refractivity contribution in [1.29, 1.82) is 0 Å². The summed E-state index contributed by atoms with van der Waals surface area (Å²) >= 11 is 0. The largest absolute Gasteiger partial charge is 0.350 e. The number of hydrogen-bond donors (Lipinski definition) is 1. The van der Waals surface area contributed by atoms with Gasteiger partial charge in [0, 0.05) is 44.8 Å². The van der Waals surface area contributed by atoms with Crippen molar-refractivity contribution >= 4 is 11.8 Å². The minimum absolute atomic E-state index is 0.0182. The SMILES string of the molecule is CN1C(=O)C[C@@H](NC(=O)Cc2ccnn2C)[C@@H]1c1cccnc1. The summed E-state index contributed by atoms with van der Waals surface area (Å²) in [7, 11) is 3.56. The van der Waals surface area contributed by atoms with Crippen molar-refractivity contribution < 1.29 is 9.59 Å². The third kappa shape index (κ3) is 3.08. The van der Waals surface area contributed by atoms with Crippen molar-refractivity contribution in [3.63, 3.8) is 0 Å². The van der Waals surface area contributed by atoms with E-state index in [9.17, 15) is 9.59 Å². The monoisotopic (exact) mass is 313 g/mol. The van der Waals surface area contributed by atoms with E-state index in [0.29, 0.717) is 6.42 Å². The van der Waals surface area contributed by atoms with Crippen LogP contribution in [-0.4, -0.2) is 44.6 Å². The summed E-state index contributed by atoms with van der Waals surface area (Å²) in [5, 5.41) is 7.04. The van der Waals surface area contributed by atoms with E-state index in [0.717, 1.165) is 11.3 Å². The van der Waals surface area contributed by atoms with Crippen molar-refractivity contribution in [2.45, 2.75) is 24.9 Å². The summed E-state index contributed by atoms with van der Waals surface area (Å²) in [6.07, 6.45) is 5.63. The number of amides is 2. The Balaban J connectivity index is 1.74. The van der Waals surface area contributed by atoms with Crippen LogP contribution in [0.4, 0.5) is 0 Å². The molecule has 120 valence electrons. The first-order chi connectivity index (χ1) is 11.1. The van der Waals surface area contributed by atoms with E-state index >= 15 is 0 Å². The number of likely N-dealkylation sites (N-methyl/N-ethyl adjacent to an activating group) is 1. The standard InChI is InChI=1S/C16H19N5O2/c1-20-15(23)9-13(16(20)11-4-3-6-17-10-11)19-14(22)8-12-5-7-18-21(12)2/h3-7,10,13,16H,8-9H2,1-2H3,(H,19,22)/t13-,16+/m1/s1. The van der Waals surface area contributed by atoms with Gasteiger partial charge < -0.3 is 10.2 Å². The highest BCUT2D eigenvalue weighted by molar-refractivity contribution is 5.83. The van der Waals surface area contributed by atoms with Crippen LogP contribution in [0, 0.1) is 0 Å². The molecule has 1 aliphatic rings. The predicted molar refractivity (Wildman–Crippen MR) is 83.2 cm³/mol. The van der Waals surface area contributed by atoms with E-state index in [1.54, 1.807) is 42.3 Å². The van der Waals surface area contributed by atoms with Crippen molar-refractivity contribution in [3.8, 4) is 0 Å². The lowest BCUT2D eigenvalue weighted by Gasteiger charge is -2.25. The van der Waals surface area contributed by atoms with Crippen molar-refractivity contribution in [1.82, 2.24) is 25.0 Å². The summed E-state index contributed by atoms with van der Waals surface area (Å²) in [5.41, 5.74) is 1.75. The van der Waals surface area contributed by atoms with Crippen LogP contribution in [0.2, 0.25) is 0 Å². The zero-order valence-electron chi connectivity index (χ0n) is 13.1. The number of rotatable bonds is 4. The number of carbonyl (C=O) groups is 2. The van der Waals surface area contributed by atoms with E-state index in [-0.39, 0.29) is 30.3 Å². The Hall–Kier alpha value is -2.70. The molecule has 2 aromatic rings. The average molecular weight is 313 g/mol. The van der Waals surface area contributed by atoms with Gasteiger partial charge in [-0.2, -0.15) is 5.10 Å². The zero-order chi connectivity index (χ0) is 16.4. The second-order valence-corrected chi connectivity index (χ2v) is 5.74.